The Hall–Kier alpha value is -1.58. The van der Waals surface area contributed by atoms with Crippen molar-refractivity contribution in [3.05, 3.63) is 23.5 Å². The van der Waals surface area contributed by atoms with Gasteiger partial charge in [0.2, 0.25) is 0 Å². The third-order valence-electron chi connectivity index (χ3n) is 3.63. The van der Waals surface area contributed by atoms with Crippen LogP contribution in [0.15, 0.2) is 12.3 Å². The Labute approximate surface area is 108 Å². The maximum Gasteiger partial charge on any atom is 0.253 e. The lowest BCUT2D eigenvalue weighted by Crippen LogP contribution is -2.30. The highest BCUT2D eigenvalue weighted by molar-refractivity contribution is 5.95. The summed E-state index contributed by atoms with van der Waals surface area (Å²) < 4.78 is 0. The van der Waals surface area contributed by atoms with E-state index in [0.717, 1.165) is 12.2 Å². The Kier molecular flexibility index (Phi) is 4.18. The highest BCUT2D eigenvalue weighted by Gasteiger charge is 2.16. The van der Waals surface area contributed by atoms with Crippen LogP contribution >= 0.6 is 0 Å². The molecular weight excluding hydrogens is 226 g/mol. The number of amides is 1. The number of aryl methyl sites for hydroxylation is 1. The molecule has 0 atom stereocenters. The maximum absolute atomic E-state index is 12.1. The predicted octanol–water partition coefficient (Wildman–Crippen LogP) is 2.28. The molecule has 1 saturated carbocycles. The molecule has 1 aromatic heterocycles. The topological polar surface area (TPSA) is 68.0 Å². The second-order valence-electron chi connectivity index (χ2n) is 5.12. The van der Waals surface area contributed by atoms with Crippen LogP contribution in [0.25, 0.3) is 0 Å². The number of nitrogens with zero attached hydrogens (tertiary/aromatic N) is 1. The number of nitrogens with two attached hydrogens (primary N) is 1. The molecule has 18 heavy (non-hydrogen) atoms. The molecule has 4 nitrogen and oxygen atoms in total. The average Bonchev–Trinajstić information content (AvgIpc) is 2.40. The summed E-state index contributed by atoms with van der Waals surface area (Å²) in [4.78, 5) is 16.2. The molecule has 3 N–H and O–H groups in total. The molecule has 4 heteroatoms. The van der Waals surface area contributed by atoms with Gasteiger partial charge in [0, 0.05) is 6.54 Å². The van der Waals surface area contributed by atoms with Crippen LogP contribution in [0.5, 0.6) is 0 Å². The molecule has 0 saturated heterocycles. The minimum Gasteiger partial charge on any atom is -0.397 e. The van der Waals surface area contributed by atoms with Gasteiger partial charge in [-0.2, -0.15) is 0 Å². The number of carbonyl (C=O) groups is 1. The minimum atomic E-state index is -0.0575. The highest BCUT2D eigenvalue weighted by atomic mass is 16.1. The van der Waals surface area contributed by atoms with Crippen LogP contribution < -0.4 is 11.1 Å². The fourth-order valence-electron chi connectivity index (χ4n) is 2.50. The van der Waals surface area contributed by atoms with Crippen LogP contribution in [-0.2, 0) is 0 Å². The molecule has 98 valence electrons. The fraction of sp³-hybridized carbons (Fsp3) is 0.571. The molecule has 1 aliphatic rings. The molecule has 0 aromatic carbocycles. The molecule has 0 aliphatic heterocycles. The summed E-state index contributed by atoms with van der Waals surface area (Å²) in [5, 5.41) is 3.00. The lowest BCUT2D eigenvalue weighted by molar-refractivity contribution is 0.0942. The fourth-order valence-corrected chi connectivity index (χ4v) is 2.50. The Morgan fingerprint density at radius 3 is 2.89 bits per heavy atom. The molecule has 1 aromatic rings. The second kappa shape index (κ2) is 5.85. The van der Waals surface area contributed by atoms with Crippen LogP contribution in [-0.4, -0.2) is 17.4 Å². The molecule has 0 radical (unpaired) electrons. The quantitative estimate of drug-likeness (QED) is 0.861. The van der Waals surface area contributed by atoms with Crippen LogP contribution in [0.1, 0.15) is 48.2 Å². The normalized spacial score (nSPS) is 16.5. The maximum atomic E-state index is 12.1. The zero-order valence-corrected chi connectivity index (χ0v) is 10.9. The summed E-state index contributed by atoms with van der Waals surface area (Å²) in [5.74, 6) is 0.579. The number of rotatable bonds is 3. The van der Waals surface area contributed by atoms with Crippen molar-refractivity contribution in [2.24, 2.45) is 5.92 Å². The van der Waals surface area contributed by atoms with Gasteiger partial charge < -0.3 is 11.1 Å². The lowest BCUT2D eigenvalue weighted by Gasteiger charge is -2.21. The summed E-state index contributed by atoms with van der Waals surface area (Å²) in [7, 11) is 0. The van der Waals surface area contributed by atoms with Crippen molar-refractivity contribution in [2.45, 2.75) is 39.0 Å². The molecule has 1 aliphatic carbocycles. The van der Waals surface area contributed by atoms with E-state index in [1.54, 1.807) is 12.3 Å². The van der Waals surface area contributed by atoms with E-state index in [4.69, 9.17) is 5.73 Å². The minimum absolute atomic E-state index is 0.0575. The number of nitrogen functional groups attached to an aromatic ring is 1. The molecule has 0 unspecified atom stereocenters. The zero-order valence-electron chi connectivity index (χ0n) is 10.9. The first kappa shape index (κ1) is 12.9. The zero-order chi connectivity index (χ0) is 13.0. The van der Waals surface area contributed by atoms with E-state index in [0.29, 0.717) is 17.2 Å². The van der Waals surface area contributed by atoms with E-state index in [2.05, 4.69) is 10.3 Å². The SMILES string of the molecule is Cc1ncc(N)cc1C(=O)NCC1CCCCC1. The number of aromatic nitrogens is 1. The van der Waals surface area contributed by atoms with E-state index in [1.165, 1.54) is 32.1 Å². The van der Waals surface area contributed by atoms with Crippen molar-refractivity contribution in [3.8, 4) is 0 Å². The predicted molar refractivity (Wildman–Crippen MR) is 72.3 cm³/mol. The number of hydrogen-bond acceptors (Lipinski definition) is 3. The van der Waals surface area contributed by atoms with E-state index in [9.17, 15) is 4.79 Å². The Morgan fingerprint density at radius 1 is 1.44 bits per heavy atom. The van der Waals surface area contributed by atoms with Crippen molar-refractivity contribution in [3.63, 3.8) is 0 Å². The third-order valence-corrected chi connectivity index (χ3v) is 3.63. The molecule has 0 spiro atoms. The summed E-state index contributed by atoms with van der Waals surface area (Å²) in [6.45, 7) is 2.60. The van der Waals surface area contributed by atoms with Crippen molar-refractivity contribution < 1.29 is 4.79 Å². The monoisotopic (exact) mass is 247 g/mol. The smallest absolute Gasteiger partial charge is 0.253 e. The molecule has 1 amide bonds. The summed E-state index contributed by atoms with van der Waals surface area (Å²) in [6.07, 6.45) is 7.96. The van der Waals surface area contributed by atoms with Gasteiger partial charge in [0.15, 0.2) is 0 Å². The van der Waals surface area contributed by atoms with Crippen molar-refractivity contribution in [1.82, 2.24) is 10.3 Å². The highest BCUT2D eigenvalue weighted by Crippen LogP contribution is 2.22. The van der Waals surface area contributed by atoms with Gasteiger partial charge in [0.25, 0.3) is 5.91 Å². The van der Waals surface area contributed by atoms with E-state index in [1.807, 2.05) is 6.92 Å². The first-order valence-electron chi connectivity index (χ1n) is 6.67. The Morgan fingerprint density at radius 2 is 2.17 bits per heavy atom. The van der Waals surface area contributed by atoms with Gasteiger partial charge in [-0.15, -0.1) is 0 Å². The standard InChI is InChI=1S/C14H21N3O/c1-10-13(7-12(15)9-16-10)14(18)17-8-11-5-3-2-4-6-11/h7,9,11H,2-6,8,15H2,1H3,(H,17,18). The van der Waals surface area contributed by atoms with Crippen molar-refractivity contribution in [1.29, 1.82) is 0 Å². The van der Waals surface area contributed by atoms with Crippen molar-refractivity contribution in [2.75, 3.05) is 12.3 Å². The number of nitrogens with one attached hydrogen (secondary N) is 1. The first-order valence-corrected chi connectivity index (χ1v) is 6.67. The van der Waals surface area contributed by atoms with Crippen LogP contribution in [0.3, 0.4) is 0 Å². The van der Waals surface area contributed by atoms with Gasteiger partial charge in [0.05, 0.1) is 23.1 Å². The summed E-state index contributed by atoms with van der Waals surface area (Å²) >= 11 is 0. The largest absolute Gasteiger partial charge is 0.397 e. The lowest BCUT2D eigenvalue weighted by atomic mass is 9.89. The number of pyridine rings is 1. The number of hydrogen-bond donors (Lipinski definition) is 2. The van der Waals surface area contributed by atoms with E-state index >= 15 is 0 Å². The Balaban J connectivity index is 1.92. The van der Waals surface area contributed by atoms with Gasteiger partial charge in [-0.25, -0.2) is 0 Å². The van der Waals surface area contributed by atoms with Gasteiger partial charge in [-0.1, -0.05) is 19.3 Å². The number of carbonyl (C=O) groups excluding carboxylic acids is 1. The first-order chi connectivity index (χ1) is 8.66. The van der Waals surface area contributed by atoms with Gasteiger partial charge in [-0.3, -0.25) is 9.78 Å². The summed E-state index contributed by atoms with van der Waals surface area (Å²) in [6, 6.07) is 1.69. The molecule has 1 fully saturated rings. The van der Waals surface area contributed by atoms with Gasteiger partial charge >= 0.3 is 0 Å². The average molecular weight is 247 g/mol. The van der Waals surface area contributed by atoms with E-state index in [-0.39, 0.29) is 5.91 Å². The van der Waals surface area contributed by atoms with Crippen LogP contribution in [0, 0.1) is 12.8 Å². The van der Waals surface area contributed by atoms with Crippen molar-refractivity contribution >= 4 is 11.6 Å². The third kappa shape index (κ3) is 3.22. The Bertz CT molecular complexity index is 425. The molecule has 0 bridgehead atoms. The van der Waals surface area contributed by atoms with Gasteiger partial charge in [0.1, 0.15) is 0 Å². The number of anilines is 1. The van der Waals surface area contributed by atoms with E-state index < -0.39 is 0 Å². The summed E-state index contributed by atoms with van der Waals surface area (Å²) in [5.41, 5.74) is 7.51. The molecule has 1 heterocycles. The van der Waals surface area contributed by atoms with Crippen LogP contribution in [0.2, 0.25) is 0 Å². The molecular formula is C14H21N3O. The second-order valence-corrected chi connectivity index (χ2v) is 5.12. The van der Waals surface area contributed by atoms with Crippen LogP contribution in [0.4, 0.5) is 5.69 Å². The molecule has 2 rings (SSSR count). The van der Waals surface area contributed by atoms with Gasteiger partial charge in [-0.05, 0) is 31.7 Å².